The first-order valence-corrected chi connectivity index (χ1v) is 10.3. The topological polar surface area (TPSA) is 96.7 Å². The standard InChI is InChI=1S/C19H34N4O3/c20-17(14-8-12-26-13-9-14)18(24)21-16-6-10-23(11-7-16)19(25)22-15-4-2-1-3-5-15/h14-17H,1-13,20H2,(H,21,24)(H,22,25). The molecule has 4 N–H and O–H groups in total. The van der Waals surface area contributed by atoms with E-state index in [4.69, 9.17) is 10.5 Å². The van der Waals surface area contributed by atoms with Gasteiger partial charge in [0.1, 0.15) is 0 Å². The van der Waals surface area contributed by atoms with Crippen molar-refractivity contribution >= 4 is 11.9 Å². The van der Waals surface area contributed by atoms with Crippen molar-refractivity contribution < 1.29 is 14.3 Å². The molecule has 3 fully saturated rings. The summed E-state index contributed by atoms with van der Waals surface area (Å²) >= 11 is 0. The highest BCUT2D eigenvalue weighted by molar-refractivity contribution is 5.82. The fraction of sp³-hybridized carbons (Fsp3) is 0.895. The van der Waals surface area contributed by atoms with Crippen LogP contribution < -0.4 is 16.4 Å². The number of hydrogen-bond acceptors (Lipinski definition) is 4. The Labute approximate surface area is 156 Å². The van der Waals surface area contributed by atoms with Crippen LogP contribution in [0.15, 0.2) is 0 Å². The number of amides is 3. The maximum Gasteiger partial charge on any atom is 0.317 e. The lowest BCUT2D eigenvalue weighted by atomic mass is 9.91. The van der Waals surface area contributed by atoms with Gasteiger partial charge < -0.3 is 26.0 Å². The summed E-state index contributed by atoms with van der Waals surface area (Å²) in [6.45, 7) is 2.77. The highest BCUT2D eigenvalue weighted by Crippen LogP contribution is 2.20. The zero-order valence-corrected chi connectivity index (χ0v) is 15.8. The van der Waals surface area contributed by atoms with Gasteiger partial charge in [-0.05, 0) is 44.4 Å². The van der Waals surface area contributed by atoms with Gasteiger partial charge in [-0.2, -0.15) is 0 Å². The number of nitrogens with two attached hydrogens (primary N) is 1. The number of ether oxygens (including phenoxy) is 1. The molecular formula is C19H34N4O3. The highest BCUT2D eigenvalue weighted by atomic mass is 16.5. The number of rotatable bonds is 4. The number of urea groups is 1. The van der Waals surface area contributed by atoms with Crippen LogP contribution in [0.2, 0.25) is 0 Å². The summed E-state index contributed by atoms with van der Waals surface area (Å²) in [5, 5.41) is 6.27. The second kappa shape index (κ2) is 9.55. The number of carbonyl (C=O) groups excluding carboxylic acids is 2. The van der Waals surface area contributed by atoms with Crippen molar-refractivity contribution in [2.24, 2.45) is 11.7 Å². The Morgan fingerprint density at radius 2 is 1.50 bits per heavy atom. The van der Waals surface area contributed by atoms with Crippen LogP contribution in [-0.2, 0) is 9.53 Å². The van der Waals surface area contributed by atoms with E-state index in [2.05, 4.69) is 10.6 Å². The first kappa shape index (κ1) is 19.4. The fourth-order valence-corrected chi connectivity index (χ4v) is 4.33. The minimum absolute atomic E-state index is 0.0537. The molecule has 7 nitrogen and oxygen atoms in total. The van der Waals surface area contributed by atoms with E-state index in [9.17, 15) is 9.59 Å². The van der Waals surface area contributed by atoms with E-state index in [1.807, 2.05) is 4.90 Å². The monoisotopic (exact) mass is 366 g/mol. The predicted molar refractivity (Wildman–Crippen MR) is 99.7 cm³/mol. The van der Waals surface area contributed by atoms with E-state index in [1.165, 1.54) is 19.3 Å². The van der Waals surface area contributed by atoms with Gasteiger partial charge >= 0.3 is 6.03 Å². The molecule has 1 atom stereocenters. The van der Waals surface area contributed by atoms with Crippen molar-refractivity contribution in [2.75, 3.05) is 26.3 Å². The molecule has 0 aromatic carbocycles. The van der Waals surface area contributed by atoms with Gasteiger partial charge in [0.05, 0.1) is 6.04 Å². The number of likely N-dealkylation sites (tertiary alicyclic amines) is 1. The number of hydrogen-bond donors (Lipinski definition) is 3. The van der Waals surface area contributed by atoms with Crippen molar-refractivity contribution in [3.63, 3.8) is 0 Å². The van der Waals surface area contributed by atoms with E-state index in [1.54, 1.807) is 0 Å². The molecule has 3 amide bonds. The Hall–Kier alpha value is -1.34. The Bertz CT molecular complexity index is 467. The minimum Gasteiger partial charge on any atom is -0.381 e. The van der Waals surface area contributed by atoms with Gasteiger partial charge in [0, 0.05) is 38.4 Å². The third-order valence-electron chi connectivity index (χ3n) is 6.14. The molecule has 26 heavy (non-hydrogen) atoms. The zero-order valence-electron chi connectivity index (χ0n) is 15.8. The molecule has 3 rings (SSSR count). The lowest BCUT2D eigenvalue weighted by Gasteiger charge is -2.35. The van der Waals surface area contributed by atoms with Crippen LogP contribution in [0.1, 0.15) is 57.8 Å². The zero-order chi connectivity index (χ0) is 18.4. The van der Waals surface area contributed by atoms with Gasteiger partial charge in [0.2, 0.25) is 5.91 Å². The van der Waals surface area contributed by atoms with Crippen molar-refractivity contribution in [1.29, 1.82) is 0 Å². The molecule has 2 heterocycles. The molecule has 0 aromatic rings. The molecule has 2 saturated heterocycles. The van der Waals surface area contributed by atoms with Crippen molar-refractivity contribution in [3.05, 3.63) is 0 Å². The summed E-state index contributed by atoms with van der Waals surface area (Å²) in [6.07, 6.45) is 9.22. The van der Waals surface area contributed by atoms with Gasteiger partial charge in [-0.25, -0.2) is 4.79 Å². The normalized spacial score (nSPS) is 24.9. The molecular weight excluding hydrogens is 332 g/mol. The Morgan fingerprint density at radius 1 is 0.885 bits per heavy atom. The molecule has 7 heteroatoms. The summed E-state index contributed by atoms with van der Waals surface area (Å²) < 4.78 is 5.34. The fourth-order valence-electron chi connectivity index (χ4n) is 4.33. The Kier molecular flexibility index (Phi) is 7.14. The molecule has 0 radical (unpaired) electrons. The largest absolute Gasteiger partial charge is 0.381 e. The van der Waals surface area contributed by atoms with Crippen LogP contribution in [0.5, 0.6) is 0 Å². The van der Waals surface area contributed by atoms with Crippen molar-refractivity contribution in [2.45, 2.75) is 75.9 Å². The van der Waals surface area contributed by atoms with Crippen LogP contribution in [0.25, 0.3) is 0 Å². The number of carbonyl (C=O) groups is 2. The SMILES string of the molecule is NC(C(=O)NC1CCN(C(=O)NC2CCCCC2)CC1)C1CCOCC1. The van der Waals surface area contributed by atoms with Crippen molar-refractivity contribution in [3.8, 4) is 0 Å². The smallest absolute Gasteiger partial charge is 0.317 e. The van der Waals surface area contributed by atoms with Crippen LogP contribution in [0.3, 0.4) is 0 Å². The number of piperidine rings is 1. The summed E-state index contributed by atoms with van der Waals surface area (Å²) in [7, 11) is 0. The molecule has 0 aromatic heterocycles. The molecule has 0 spiro atoms. The molecule has 2 aliphatic heterocycles. The summed E-state index contributed by atoms with van der Waals surface area (Å²) in [4.78, 5) is 26.7. The first-order valence-electron chi connectivity index (χ1n) is 10.3. The molecule has 1 unspecified atom stereocenters. The average Bonchev–Trinajstić information content (AvgIpc) is 2.69. The van der Waals surface area contributed by atoms with E-state index in [-0.39, 0.29) is 23.9 Å². The Morgan fingerprint density at radius 3 is 2.15 bits per heavy atom. The maximum atomic E-state index is 12.4. The van der Waals surface area contributed by atoms with Crippen LogP contribution in [-0.4, -0.2) is 61.3 Å². The second-order valence-electron chi connectivity index (χ2n) is 8.03. The van der Waals surface area contributed by atoms with E-state index >= 15 is 0 Å². The highest BCUT2D eigenvalue weighted by Gasteiger charge is 2.30. The summed E-state index contributed by atoms with van der Waals surface area (Å²) in [5.74, 6) is 0.159. The lowest BCUT2D eigenvalue weighted by Crippen LogP contribution is -2.54. The lowest BCUT2D eigenvalue weighted by molar-refractivity contribution is -0.125. The Balaban J connectivity index is 1.37. The number of nitrogens with zero attached hydrogens (tertiary/aromatic N) is 1. The maximum absolute atomic E-state index is 12.4. The van der Waals surface area contributed by atoms with Crippen LogP contribution >= 0.6 is 0 Å². The third-order valence-corrected chi connectivity index (χ3v) is 6.14. The van der Waals surface area contributed by atoms with Gasteiger partial charge in [-0.1, -0.05) is 19.3 Å². The minimum atomic E-state index is -0.452. The molecule has 148 valence electrons. The number of nitrogens with one attached hydrogen (secondary N) is 2. The molecule has 0 bridgehead atoms. The molecule has 1 saturated carbocycles. The van der Waals surface area contributed by atoms with E-state index in [0.717, 1.165) is 38.5 Å². The summed E-state index contributed by atoms with van der Waals surface area (Å²) in [6, 6.07) is 0.0605. The van der Waals surface area contributed by atoms with Gasteiger partial charge in [-0.15, -0.1) is 0 Å². The third kappa shape index (κ3) is 5.33. The van der Waals surface area contributed by atoms with Crippen molar-refractivity contribution in [1.82, 2.24) is 15.5 Å². The predicted octanol–water partition coefficient (Wildman–Crippen LogP) is 1.36. The van der Waals surface area contributed by atoms with E-state index < -0.39 is 6.04 Å². The van der Waals surface area contributed by atoms with Crippen LogP contribution in [0.4, 0.5) is 4.79 Å². The molecule has 3 aliphatic rings. The van der Waals surface area contributed by atoms with E-state index in [0.29, 0.717) is 32.3 Å². The quantitative estimate of drug-likeness (QED) is 0.700. The first-order chi connectivity index (χ1) is 12.6. The average molecular weight is 367 g/mol. The van der Waals surface area contributed by atoms with Gasteiger partial charge in [0.15, 0.2) is 0 Å². The van der Waals surface area contributed by atoms with Gasteiger partial charge in [0.25, 0.3) is 0 Å². The van der Waals surface area contributed by atoms with Crippen LogP contribution in [0, 0.1) is 5.92 Å². The summed E-state index contributed by atoms with van der Waals surface area (Å²) in [5.41, 5.74) is 6.15. The second-order valence-corrected chi connectivity index (χ2v) is 8.03. The van der Waals surface area contributed by atoms with Gasteiger partial charge in [-0.3, -0.25) is 4.79 Å². The molecule has 1 aliphatic carbocycles.